The molecule has 0 aromatic carbocycles. The number of aliphatic hydroxyl groups is 2. The second-order valence-electron chi connectivity index (χ2n) is 12.3. The van der Waals surface area contributed by atoms with E-state index < -0.39 is 12.1 Å². The second kappa shape index (κ2) is 33.4. The van der Waals surface area contributed by atoms with Crippen LogP contribution in [0.25, 0.3) is 0 Å². The Morgan fingerprint density at radius 2 is 0.951 bits per heavy atom. The Morgan fingerprint density at radius 3 is 1.37 bits per heavy atom. The summed E-state index contributed by atoms with van der Waals surface area (Å²) < 4.78 is 0. The van der Waals surface area contributed by atoms with Gasteiger partial charge in [0.05, 0.1) is 18.8 Å². The number of rotatable bonds is 32. The van der Waals surface area contributed by atoms with Gasteiger partial charge in [-0.05, 0) is 25.7 Å². The molecule has 0 aromatic heterocycles. The van der Waals surface area contributed by atoms with Gasteiger partial charge < -0.3 is 15.5 Å². The summed E-state index contributed by atoms with van der Waals surface area (Å²) in [5.74, 6) is -0.0767. The molecule has 41 heavy (non-hydrogen) atoms. The highest BCUT2D eigenvalue weighted by atomic mass is 16.3. The smallest absolute Gasteiger partial charge is 0.220 e. The van der Waals surface area contributed by atoms with Crippen LogP contribution in [0.3, 0.4) is 0 Å². The topological polar surface area (TPSA) is 69.6 Å². The van der Waals surface area contributed by atoms with Gasteiger partial charge >= 0.3 is 0 Å². The number of nitrogens with one attached hydrogen (secondary N) is 1. The van der Waals surface area contributed by atoms with Gasteiger partial charge in [-0.2, -0.15) is 0 Å². The molecule has 0 fully saturated rings. The molecule has 0 rings (SSSR count). The quantitative estimate of drug-likeness (QED) is 0.0550. The Morgan fingerprint density at radius 1 is 0.561 bits per heavy atom. The lowest BCUT2D eigenvalue weighted by Gasteiger charge is -2.19. The summed E-state index contributed by atoms with van der Waals surface area (Å²) in [6, 6.07) is -0.630. The van der Waals surface area contributed by atoms with E-state index in [0.29, 0.717) is 6.42 Å². The fourth-order valence-electron chi connectivity index (χ4n) is 5.38. The lowest BCUT2D eigenvalue weighted by Crippen LogP contribution is -2.45. The van der Waals surface area contributed by atoms with Gasteiger partial charge in [0.15, 0.2) is 0 Å². The minimum atomic E-state index is -0.854. The number of unbranched alkanes of at least 4 members (excludes halogenated alkanes) is 23. The van der Waals surface area contributed by atoms with E-state index in [1.54, 1.807) is 6.08 Å². The van der Waals surface area contributed by atoms with Crippen LogP contribution in [0, 0.1) is 0 Å². The van der Waals surface area contributed by atoms with E-state index in [0.717, 1.165) is 38.5 Å². The maximum atomic E-state index is 12.2. The Bertz CT molecular complexity index is 589. The predicted molar refractivity (Wildman–Crippen MR) is 179 cm³/mol. The van der Waals surface area contributed by atoms with Gasteiger partial charge in [-0.3, -0.25) is 4.79 Å². The first-order valence-electron chi connectivity index (χ1n) is 18.1. The van der Waals surface area contributed by atoms with E-state index in [9.17, 15) is 15.0 Å². The molecule has 3 N–H and O–H groups in total. The molecule has 0 saturated carbocycles. The normalized spacial score (nSPS) is 13.4. The van der Waals surface area contributed by atoms with Crippen LogP contribution in [0.4, 0.5) is 0 Å². The predicted octanol–water partition coefficient (Wildman–Crippen LogP) is 10.5. The minimum absolute atomic E-state index is 0.0767. The Hall–Kier alpha value is -1.13. The van der Waals surface area contributed by atoms with Gasteiger partial charge in [0.2, 0.25) is 5.91 Å². The number of hydrogen-bond acceptors (Lipinski definition) is 3. The highest BCUT2D eigenvalue weighted by Crippen LogP contribution is 2.15. The van der Waals surface area contributed by atoms with Crippen molar-refractivity contribution in [1.29, 1.82) is 0 Å². The highest BCUT2D eigenvalue weighted by Gasteiger charge is 2.17. The number of aliphatic hydroxyl groups excluding tert-OH is 2. The van der Waals surface area contributed by atoms with Crippen LogP contribution in [0.1, 0.15) is 187 Å². The average molecular weight is 578 g/mol. The number of allylic oxidation sites excluding steroid dienone is 3. The van der Waals surface area contributed by atoms with Crippen molar-refractivity contribution < 1.29 is 15.0 Å². The van der Waals surface area contributed by atoms with Crippen LogP contribution >= 0.6 is 0 Å². The summed E-state index contributed by atoms with van der Waals surface area (Å²) in [7, 11) is 0. The molecule has 0 aliphatic carbocycles. The summed E-state index contributed by atoms with van der Waals surface area (Å²) >= 11 is 0. The molecule has 0 aliphatic heterocycles. The van der Waals surface area contributed by atoms with Gasteiger partial charge in [-0.15, -0.1) is 0 Å². The number of carbonyl (C=O) groups is 1. The first-order chi connectivity index (χ1) is 20.2. The van der Waals surface area contributed by atoms with Crippen molar-refractivity contribution in [3.63, 3.8) is 0 Å². The third-order valence-electron chi connectivity index (χ3n) is 8.17. The SMILES string of the molecule is CCC/C=C/CC/C=C/C(O)C(CO)NC(=O)CCCCCCCCCCCCCCCCCCCCCCCC. The summed E-state index contributed by atoms with van der Waals surface area (Å²) in [4.78, 5) is 12.2. The van der Waals surface area contributed by atoms with Crippen LogP contribution in [0.5, 0.6) is 0 Å². The molecule has 0 radical (unpaired) electrons. The van der Waals surface area contributed by atoms with E-state index in [4.69, 9.17) is 0 Å². The summed E-state index contributed by atoms with van der Waals surface area (Å²) in [5.41, 5.74) is 0. The molecule has 0 aromatic rings. The van der Waals surface area contributed by atoms with Gasteiger partial charge in [-0.1, -0.05) is 179 Å². The summed E-state index contributed by atoms with van der Waals surface area (Å²) in [6.45, 7) is 4.19. The van der Waals surface area contributed by atoms with E-state index in [1.165, 1.54) is 128 Å². The molecule has 0 aliphatic rings. The molecule has 0 spiro atoms. The maximum absolute atomic E-state index is 12.2. The molecule has 4 heteroatoms. The largest absolute Gasteiger partial charge is 0.394 e. The monoisotopic (exact) mass is 578 g/mol. The van der Waals surface area contributed by atoms with Crippen LogP contribution in [0.2, 0.25) is 0 Å². The molecule has 0 bridgehead atoms. The molecule has 0 heterocycles. The summed E-state index contributed by atoms with van der Waals surface area (Å²) in [6.07, 6.45) is 41.5. The van der Waals surface area contributed by atoms with Crippen LogP contribution in [-0.4, -0.2) is 34.9 Å². The van der Waals surface area contributed by atoms with Crippen molar-refractivity contribution in [2.24, 2.45) is 0 Å². The molecule has 242 valence electrons. The molecule has 1 amide bonds. The maximum Gasteiger partial charge on any atom is 0.220 e. The molecule has 0 saturated heterocycles. The molecule has 2 unspecified atom stereocenters. The van der Waals surface area contributed by atoms with E-state index in [-0.39, 0.29) is 12.5 Å². The van der Waals surface area contributed by atoms with E-state index in [1.807, 2.05) is 6.08 Å². The minimum Gasteiger partial charge on any atom is -0.394 e. The standard InChI is InChI=1S/C37H71NO3/c1-3-5-7-9-11-12-13-14-15-16-17-18-19-20-21-22-23-24-25-27-29-31-33-37(41)38-35(34-39)36(40)32-30-28-26-10-8-6-4-2/h8,10,30,32,35-36,39-40H,3-7,9,11-29,31,33-34H2,1-2H3,(H,38,41)/b10-8+,32-30+. The molecular formula is C37H71NO3. The molecule has 2 atom stereocenters. The van der Waals surface area contributed by atoms with Gasteiger partial charge in [0.1, 0.15) is 0 Å². The average Bonchev–Trinajstić information content (AvgIpc) is 2.97. The van der Waals surface area contributed by atoms with Gasteiger partial charge in [0.25, 0.3) is 0 Å². The van der Waals surface area contributed by atoms with Crippen molar-refractivity contribution in [2.75, 3.05) is 6.61 Å². The first kappa shape index (κ1) is 39.9. The zero-order valence-electron chi connectivity index (χ0n) is 27.6. The van der Waals surface area contributed by atoms with Crippen molar-refractivity contribution in [2.45, 2.75) is 199 Å². The number of hydrogen-bond donors (Lipinski definition) is 3. The van der Waals surface area contributed by atoms with Crippen LogP contribution in [0.15, 0.2) is 24.3 Å². The van der Waals surface area contributed by atoms with Crippen molar-refractivity contribution in [3.05, 3.63) is 24.3 Å². The van der Waals surface area contributed by atoms with E-state index in [2.05, 4.69) is 31.3 Å². The number of amides is 1. The van der Waals surface area contributed by atoms with Gasteiger partial charge in [-0.25, -0.2) is 0 Å². The lowest BCUT2D eigenvalue weighted by atomic mass is 10.0. The zero-order chi connectivity index (χ0) is 30.1. The third kappa shape index (κ3) is 30.1. The van der Waals surface area contributed by atoms with Crippen molar-refractivity contribution in [1.82, 2.24) is 5.32 Å². The van der Waals surface area contributed by atoms with Crippen LogP contribution < -0.4 is 5.32 Å². The fraction of sp³-hybridized carbons (Fsp3) is 0.865. The molecular weight excluding hydrogens is 506 g/mol. The Kier molecular flexibility index (Phi) is 32.5. The second-order valence-corrected chi connectivity index (χ2v) is 12.3. The van der Waals surface area contributed by atoms with Crippen LogP contribution in [-0.2, 0) is 4.79 Å². The van der Waals surface area contributed by atoms with E-state index >= 15 is 0 Å². The number of carbonyl (C=O) groups excluding carboxylic acids is 1. The van der Waals surface area contributed by atoms with Crippen molar-refractivity contribution >= 4 is 5.91 Å². The lowest BCUT2D eigenvalue weighted by molar-refractivity contribution is -0.123. The highest BCUT2D eigenvalue weighted by molar-refractivity contribution is 5.76. The first-order valence-corrected chi connectivity index (χ1v) is 18.1. The zero-order valence-corrected chi connectivity index (χ0v) is 27.6. The van der Waals surface area contributed by atoms with Crippen molar-refractivity contribution in [3.8, 4) is 0 Å². The summed E-state index contributed by atoms with van der Waals surface area (Å²) in [5, 5.41) is 22.6. The fourth-order valence-corrected chi connectivity index (χ4v) is 5.38. The Balaban J connectivity index is 3.47. The van der Waals surface area contributed by atoms with Gasteiger partial charge in [0, 0.05) is 6.42 Å². The third-order valence-corrected chi connectivity index (χ3v) is 8.17. The molecule has 4 nitrogen and oxygen atoms in total. The Labute approximate surface area is 256 Å².